The number of hydrogen-bond acceptors (Lipinski definition) is 8. The minimum absolute atomic E-state index is 0.0521. The molecule has 0 atom stereocenters. The largest absolute Gasteiger partial charge is 0.744 e. The van der Waals surface area contributed by atoms with Crippen LogP contribution in [0.2, 0.25) is 0 Å². The van der Waals surface area contributed by atoms with E-state index in [9.17, 15) is 22.6 Å². The molecule has 8 nitrogen and oxygen atoms in total. The van der Waals surface area contributed by atoms with Crippen LogP contribution in [0, 0.1) is 10.7 Å². The summed E-state index contributed by atoms with van der Waals surface area (Å²) in [6.07, 6.45) is 0. The first-order valence-corrected chi connectivity index (χ1v) is 11.9. The van der Waals surface area contributed by atoms with Gasteiger partial charge in [0.1, 0.15) is 34.8 Å². The lowest BCUT2D eigenvalue weighted by Crippen LogP contribution is -2.21. The van der Waals surface area contributed by atoms with Crippen molar-refractivity contribution in [3.63, 3.8) is 0 Å². The lowest BCUT2D eigenvalue weighted by atomic mass is 10.3. The lowest BCUT2D eigenvalue weighted by molar-refractivity contribution is -0.145. The molecule has 0 spiro atoms. The molecule has 0 radical (unpaired) electrons. The Bertz CT molecular complexity index is 966. The van der Waals surface area contributed by atoms with E-state index in [2.05, 4.69) is 22.6 Å². The van der Waals surface area contributed by atoms with E-state index in [1.807, 2.05) is 0 Å². The SMILES string of the molecule is O=C(COCC(=O)Oc1cc(I)c(S(=O)(=O)[O-])c(I)c1)Oc1ccc(I)cc1. The Morgan fingerprint density at radius 1 is 0.857 bits per heavy atom. The highest BCUT2D eigenvalue weighted by Gasteiger charge is 2.16. The maximum Gasteiger partial charge on any atom is 0.337 e. The van der Waals surface area contributed by atoms with Gasteiger partial charge in [0, 0.05) is 10.7 Å². The zero-order valence-electron chi connectivity index (χ0n) is 13.7. The smallest absolute Gasteiger partial charge is 0.337 e. The average molecular weight is 743 g/mol. The van der Waals surface area contributed by atoms with Gasteiger partial charge in [-0.2, -0.15) is 0 Å². The Morgan fingerprint density at radius 2 is 1.32 bits per heavy atom. The molecule has 0 aromatic heterocycles. The molecule has 150 valence electrons. The van der Waals surface area contributed by atoms with Crippen LogP contribution in [0.3, 0.4) is 0 Å². The second kappa shape index (κ2) is 10.5. The molecule has 0 fully saturated rings. The summed E-state index contributed by atoms with van der Waals surface area (Å²) in [7, 11) is -4.64. The van der Waals surface area contributed by atoms with Crippen molar-refractivity contribution in [2.24, 2.45) is 0 Å². The Labute approximate surface area is 201 Å². The predicted molar refractivity (Wildman–Crippen MR) is 121 cm³/mol. The van der Waals surface area contributed by atoms with Gasteiger partial charge in [-0.1, -0.05) is 0 Å². The molecule has 0 amide bonds. The second-order valence-corrected chi connectivity index (χ2v) is 9.95. The summed E-state index contributed by atoms with van der Waals surface area (Å²) in [5.74, 6) is -1.07. The molecular weight excluding hydrogens is 733 g/mol. The Hall–Kier alpha value is -0.560. The highest BCUT2D eigenvalue weighted by Crippen LogP contribution is 2.29. The first-order valence-electron chi connectivity index (χ1n) is 7.26. The molecule has 0 N–H and O–H groups in total. The molecule has 0 heterocycles. The molecule has 0 saturated carbocycles. The van der Waals surface area contributed by atoms with Crippen molar-refractivity contribution in [1.29, 1.82) is 0 Å². The van der Waals surface area contributed by atoms with Gasteiger partial charge < -0.3 is 18.8 Å². The topological polar surface area (TPSA) is 119 Å². The van der Waals surface area contributed by atoms with Gasteiger partial charge in [0.25, 0.3) is 0 Å². The van der Waals surface area contributed by atoms with E-state index < -0.39 is 35.3 Å². The molecular formula is C16H10I3O8S-. The summed E-state index contributed by atoms with van der Waals surface area (Å²) in [4.78, 5) is 23.1. The van der Waals surface area contributed by atoms with Crippen molar-refractivity contribution < 1.29 is 36.8 Å². The number of benzene rings is 2. The van der Waals surface area contributed by atoms with Crippen LogP contribution < -0.4 is 9.47 Å². The molecule has 12 heteroatoms. The number of ether oxygens (including phenoxy) is 3. The van der Waals surface area contributed by atoms with Crippen molar-refractivity contribution in [3.05, 3.63) is 47.1 Å². The van der Waals surface area contributed by atoms with Crippen LogP contribution >= 0.6 is 67.8 Å². The minimum Gasteiger partial charge on any atom is -0.744 e. The third kappa shape index (κ3) is 7.36. The van der Waals surface area contributed by atoms with Crippen molar-refractivity contribution >= 4 is 89.8 Å². The maximum absolute atomic E-state index is 11.8. The molecule has 2 rings (SSSR count). The van der Waals surface area contributed by atoms with Gasteiger partial charge in [0.2, 0.25) is 0 Å². The lowest BCUT2D eigenvalue weighted by Gasteiger charge is -2.13. The Morgan fingerprint density at radius 3 is 1.79 bits per heavy atom. The quantitative estimate of drug-likeness (QED) is 0.184. The van der Waals surface area contributed by atoms with Crippen molar-refractivity contribution in [3.8, 4) is 11.5 Å². The molecule has 2 aromatic carbocycles. The third-order valence-electron chi connectivity index (χ3n) is 2.94. The minimum atomic E-state index is -4.64. The van der Waals surface area contributed by atoms with Crippen LogP contribution in [0.25, 0.3) is 0 Å². The highest BCUT2D eigenvalue weighted by atomic mass is 127. The van der Waals surface area contributed by atoms with Gasteiger partial charge in [0.05, 0.1) is 4.90 Å². The van der Waals surface area contributed by atoms with Gasteiger partial charge >= 0.3 is 11.9 Å². The zero-order valence-corrected chi connectivity index (χ0v) is 21.0. The predicted octanol–water partition coefficient (Wildman–Crippen LogP) is 2.93. The summed E-state index contributed by atoms with van der Waals surface area (Å²) in [6, 6.07) is 9.29. The fourth-order valence-corrected chi connectivity index (χ4v) is 6.16. The van der Waals surface area contributed by atoms with Gasteiger partial charge in [-0.3, -0.25) is 0 Å². The molecule has 2 aromatic rings. The number of hydrogen-bond donors (Lipinski definition) is 0. The van der Waals surface area contributed by atoms with Crippen LogP contribution in [-0.2, 0) is 24.4 Å². The second-order valence-electron chi connectivity index (χ2n) is 5.07. The van der Waals surface area contributed by atoms with Crippen molar-refractivity contribution in [2.75, 3.05) is 13.2 Å². The fourth-order valence-electron chi connectivity index (χ4n) is 1.88. The maximum atomic E-state index is 11.8. The summed E-state index contributed by atoms with van der Waals surface area (Å²) in [5.41, 5.74) is 0. The van der Waals surface area contributed by atoms with Crippen LogP contribution in [-0.4, -0.2) is 38.1 Å². The van der Waals surface area contributed by atoms with Crippen molar-refractivity contribution in [1.82, 2.24) is 0 Å². The van der Waals surface area contributed by atoms with Gasteiger partial charge in [-0.25, -0.2) is 18.0 Å². The zero-order chi connectivity index (χ0) is 20.9. The van der Waals surface area contributed by atoms with Gasteiger partial charge in [0.15, 0.2) is 0 Å². The number of halogens is 3. The molecule has 0 saturated heterocycles. The van der Waals surface area contributed by atoms with E-state index in [0.29, 0.717) is 5.75 Å². The number of carbonyl (C=O) groups is 2. The monoisotopic (exact) mass is 743 g/mol. The summed E-state index contributed by atoms with van der Waals surface area (Å²) < 4.78 is 50.0. The van der Waals surface area contributed by atoms with Crippen LogP contribution in [0.5, 0.6) is 11.5 Å². The van der Waals surface area contributed by atoms with E-state index in [-0.39, 0.29) is 17.8 Å². The third-order valence-corrected chi connectivity index (χ3v) is 7.03. The van der Waals surface area contributed by atoms with Gasteiger partial charge in [-0.05, 0) is 104 Å². The molecule has 0 aliphatic rings. The van der Waals surface area contributed by atoms with Crippen molar-refractivity contribution in [2.45, 2.75) is 4.90 Å². The molecule has 0 unspecified atom stereocenters. The molecule has 0 bridgehead atoms. The van der Waals surface area contributed by atoms with E-state index >= 15 is 0 Å². The summed E-state index contributed by atoms with van der Waals surface area (Å²) in [5, 5.41) is 0. The first kappa shape index (κ1) is 23.7. The first-order chi connectivity index (χ1) is 13.1. The number of carbonyl (C=O) groups excluding carboxylic acids is 2. The highest BCUT2D eigenvalue weighted by molar-refractivity contribution is 14.1. The van der Waals surface area contributed by atoms with E-state index in [4.69, 9.17) is 14.2 Å². The fraction of sp³-hybridized carbons (Fsp3) is 0.125. The Balaban J connectivity index is 1.85. The molecule has 0 aliphatic carbocycles. The standard InChI is InChI=1S/C16H11I3O8S/c17-9-1-3-10(4-2-9)26-14(20)7-25-8-15(21)27-11-5-12(18)16(13(19)6-11)28(22,23)24/h1-6H,7-8H2,(H,22,23,24)/p-1. The van der Waals surface area contributed by atoms with E-state index in [1.165, 1.54) is 12.1 Å². The number of rotatable bonds is 7. The van der Waals surface area contributed by atoms with Gasteiger partial charge in [-0.15, -0.1) is 0 Å². The van der Waals surface area contributed by atoms with Crippen LogP contribution in [0.4, 0.5) is 0 Å². The summed E-state index contributed by atoms with van der Waals surface area (Å²) >= 11 is 5.45. The molecule has 28 heavy (non-hydrogen) atoms. The van der Waals surface area contributed by atoms with Crippen LogP contribution in [0.15, 0.2) is 41.3 Å². The Kier molecular flexibility index (Phi) is 8.86. The average Bonchev–Trinajstić information content (AvgIpc) is 2.55. The summed E-state index contributed by atoms with van der Waals surface area (Å²) in [6.45, 7) is -0.972. The van der Waals surface area contributed by atoms with E-state index in [0.717, 1.165) is 3.57 Å². The molecule has 0 aliphatic heterocycles. The normalized spacial score (nSPS) is 11.1. The number of esters is 2. The van der Waals surface area contributed by atoms with Crippen LogP contribution in [0.1, 0.15) is 0 Å². The van der Waals surface area contributed by atoms with E-state index in [1.54, 1.807) is 69.4 Å².